The van der Waals surface area contributed by atoms with E-state index < -0.39 is 5.97 Å². The van der Waals surface area contributed by atoms with E-state index in [2.05, 4.69) is 20.8 Å². The number of unbranched alkanes of at least 4 members (excludes halogenated alkanes) is 15. The molecule has 0 fully saturated rings. The largest absolute Gasteiger partial charge is 0.478 e. The normalized spacial score (nSPS) is 12.5. The minimum atomic E-state index is -0.791. The van der Waals surface area contributed by atoms with Crippen LogP contribution in [0.15, 0.2) is 11.6 Å². The highest BCUT2D eigenvalue weighted by Gasteiger charge is 2.16. The van der Waals surface area contributed by atoms with Crippen molar-refractivity contribution in [1.82, 2.24) is 0 Å². The lowest BCUT2D eigenvalue weighted by molar-refractivity contribution is -0.132. The van der Waals surface area contributed by atoms with E-state index in [1.165, 1.54) is 109 Å². The Labute approximate surface area is 182 Å². The Bertz CT molecular complexity index is 409. The third-order valence-corrected chi connectivity index (χ3v) is 6.32. The number of carboxylic acids is 1. The Balaban J connectivity index is 3.37. The molecule has 0 saturated heterocycles. The summed E-state index contributed by atoms with van der Waals surface area (Å²) in [7, 11) is 0. The summed E-state index contributed by atoms with van der Waals surface area (Å²) in [6, 6.07) is 0. The van der Waals surface area contributed by atoms with Gasteiger partial charge in [-0.2, -0.15) is 0 Å². The van der Waals surface area contributed by atoms with Crippen molar-refractivity contribution in [1.29, 1.82) is 0 Å². The third kappa shape index (κ3) is 20.3. The van der Waals surface area contributed by atoms with E-state index in [0.717, 1.165) is 12.8 Å². The minimum absolute atomic E-state index is 0.325. The lowest BCUT2D eigenvalue weighted by atomic mass is 9.82. The van der Waals surface area contributed by atoms with Crippen LogP contribution in [0.2, 0.25) is 0 Å². The van der Waals surface area contributed by atoms with Crippen LogP contribution in [0.5, 0.6) is 0 Å². The Kier molecular flexibility index (Phi) is 18.7. The van der Waals surface area contributed by atoms with Crippen molar-refractivity contribution in [2.75, 3.05) is 0 Å². The molecule has 0 heterocycles. The smallest absolute Gasteiger partial charge is 0.330 e. The van der Waals surface area contributed by atoms with E-state index in [1.807, 2.05) is 6.08 Å². The standard InChI is InChI=1S/C27H52O2/c1-5-6-7-8-9-10-11-12-13-14-15-16-17-18-19-20-23-27(3,4)24-21-22-25(2)26(28)29/h22H,5-21,23-24H2,1-4H3,(H,28,29)/b25-22+. The fourth-order valence-electron chi connectivity index (χ4n) is 4.04. The minimum Gasteiger partial charge on any atom is -0.478 e. The van der Waals surface area contributed by atoms with Crippen LogP contribution in [0.25, 0.3) is 0 Å². The predicted molar refractivity (Wildman–Crippen MR) is 129 cm³/mol. The molecule has 0 atom stereocenters. The van der Waals surface area contributed by atoms with Gasteiger partial charge in [-0.1, -0.05) is 130 Å². The molecular weight excluding hydrogens is 356 g/mol. The predicted octanol–water partition coefficient (Wildman–Crippen LogP) is 9.48. The van der Waals surface area contributed by atoms with Gasteiger partial charge in [0.15, 0.2) is 0 Å². The summed E-state index contributed by atoms with van der Waals surface area (Å²) in [5.74, 6) is -0.791. The van der Waals surface area contributed by atoms with Crippen molar-refractivity contribution in [3.63, 3.8) is 0 Å². The van der Waals surface area contributed by atoms with Gasteiger partial charge in [0.2, 0.25) is 0 Å². The zero-order chi connectivity index (χ0) is 21.8. The molecule has 0 aromatic carbocycles. The number of hydrogen-bond acceptors (Lipinski definition) is 1. The van der Waals surface area contributed by atoms with Crippen LogP contribution in [-0.2, 0) is 4.79 Å². The molecule has 0 aromatic heterocycles. The summed E-state index contributed by atoms with van der Waals surface area (Å²) in [6.45, 7) is 8.62. The van der Waals surface area contributed by atoms with Gasteiger partial charge in [0.1, 0.15) is 0 Å². The molecule has 0 aromatic rings. The highest BCUT2D eigenvalue weighted by atomic mass is 16.4. The highest BCUT2D eigenvalue weighted by molar-refractivity contribution is 5.85. The van der Waals surface area contributed by atoms with E-state index in [0.29, 0.717) is 11.0 Å². The summed E-state index contributed by atoms with van der Waals surface area (Å²) in [5.41, 5.74) is 0.800. The first-order valence-electron chi connectivity index (χ1n) is 12.8. The van der Waals surface area contributed by atoms with E-state index in [9.17, 15) is 4.79 Å². The van der Waals surface area contributed by atoms with Crippen molar-refractivity contribution in [2.24, 2.45) is 5.41 Å². The molecule has 0 radical (unpaired) electrons. The van der Waals surface area contributed by atoms with E-state index in [-0.39, 0.29) is 0 Å². The average molecular weight is 409 g/mol. The molecule has 29 heavy (non-hydrogen) atoms. The number of carbonyl (C=O) groups is 1. The SMILES string of the molecule is CCCCCCCCCCCCCCCCCCC(C)(C)CC/C=C(\C)C(=O)O. The highest BCUT2D eigenvalue weighted by Crippen LogP contribution is 2.30. The van der Waals surface area contributed by atoms with E-state index in [1.54, 1.807) is 6.92 Å². The molecule has 2 nitrogen and oxygen atoms in total. The fraction of sp³-hybridized carbons (Fsp3) is 0.889. The van der Waals surface area contributed by atoms with E-state index in [4.69, 9.17) is 5.11 Å². The van der Waals surface area contributed by atoms with Crippen LogP contribution in [-0.4, -0.2) is 11.1 Å². The number of hydrogen-bond donors (Lipinski definition) is 1. The number of aliphatic carboxylic acids is 1. The Hall–Kier alpha value is -0.790. The molecule has 0 unspecified atom stereocenters. The van der Waals surface area contributed by atoms with Crippen molar-refractivity contribution in [3.8, 4) is 0 Å². The first-order valence-corrected chi connectivity index (χ1v) is 12.8. The molecule has 0 aliphatic rings. The van der Waals surface area contributed by atoms with Gasteiger partial charge >= 0.3 is 5.97 Å². The zero-order valence-electron chi connectivity index (χ0n) is 20.4. The maximum absolute atomic E-state index is 10.8. The molecule has 0 aliphatic heterocycles. The van der Waals surface area contributed by atoms with Gasteiger partial charge in [0, 0.05) is 5.57 Å². The van der Waals surface area contributed by atoms with Crippen LogP contribution in [0.3, 0.4) is 0 Å². The monoisotopic (exact) mass is 408 g/mol. The molecule has 172 valence electrons. The first-order chi connectivity index (χ1) is 13.9. The van der Waals surface area contributed by atoms with Gasteiger partial charge in [-0.25, -0.2) is 4.79 Å². The van der Waals surface area contributed by atoms with Crippen molar-refractivity contribution < 1.29 is 9.90 Å². The lowest BCUT2D eigenvalue weighted by Crippen LogP contribution is -2.10. The van der Waals surface area contributed by atoms with Gasteiger partial charge < -0.3 is 5.11 Å². The summed E-state index contributed by atoms with van der Waals surface area (Å²) < 4.78 is 0. The second-order valence-electron chi connectivity index (χ2n) is 9.95. The van der Waals surface area contributed by atoms with Gasteiger partial charge in [-0.15, -0.1) is 0 Å². The van der Waals surface area contributed by atoms with Crippen LogP contribution in [0, 0.1) is 5.41 Å². The molecule has 0 spiro atoms. The Morgan fingerprint density at radius 1 is 0.690 bits per heavy atom. The average Bonchev–Trinajstić information content (AvgIpc) is 2.67. The second kappa shape index (κ2) is 19.2. The molecule has 0 saturated carbocycles. The number of allylic oxidation sites excluding steroid dienone is 1. The molecule has 0 amide bonds. The van der Waals surface area contributed by atoms with Crippen molar-refractivity contribution >= 4 is 5.97 Å². The van der Waals surface area contributed by atoms with Crippen LogP contribution in [0.1, 0.15) is 150 Å². The Morgan fingerprint density at radius 3 is 1.45 bits per heavy atom. The van der Waals surface area contributed by atoms with Crippen LogP contribution < -0.4 is 0 Å². The maximum Gasteiger partial charge on any atom is 0.330 e. The molecular formula is C27H52O2. The van der Waals surface area contributed by atoms with Crippen LogP contribution in [0.4, 0.5) is 0 Å². The number of carboxylic acid groups (broad SMARTS) is 1. The lowest BCUT2D eigenvalue weighted by Gasteiger charge is -2.24. The quantitative estimate of drug-likeness (QED) is 0.152. The zero-order valence-corrected chi connectivity index (χ0v) is 20.4. The summed E-state index contributed by atoms with van der Waals surface area (Å²) in [6.07, 6.45) is 27.7. The molecule has 1 N–H and O–H groups in total. The molecule has 0 rings (SSSR count). The topological polar surface area (TPSA) is 37.3 Å². The van der Waals surface area contributed by atoms with Gasteiger partial charge in [0.05, 0.1) is 0 Å². The molecule has 0 bridgehead atoms. The van der Waals surface area contributed by atoms with Crippen molar-refractivity contribution in [2.45, 2.75) is 150 Å². The third-order valence-electron chi connectivity index (χ3n) is 6.32. The summed E-state index contributed by atoms with van der Waals surface area (Å²) in [5, 5.41) is 8.90. The summed E-state index contributed by atoms with van der Waals surface area (Å²) in [4.78, 5) is 10.8. The van der Waals surface area contributed by atoms with Crippen molar-refractivity contribution in [3.05, 3.63) is 11.6 Å². The second-order valence-corrected chi connectivity index (χ2v) is 9.95. The summed E-state index contributed by atoms with van der Waals surface area (Å²) >= 11 is 0. The maximum atomic E-state index is 10.8. The van der Waals surface area contributed by atoms with Crippen LogP contribution >= 0.6 is 0 Å². The molecule has 0 aliphatic carbocycles. The van der Waals surface area contributed by atoms with Gasteiger partial charge in [0.25, 0.3) is 0 Å². The first kappa shape index (κ1) is 28.2. The Morgan fingerprint density at radius 2 is 1.07 bits per heavy atom. The van der Waals surface area contributed by atoms with E-state index >= 15 is 0 Å². The van der Waals surface area contributed by atoms with Gasteiger partial charge in [-0.05, 0) is 31.6 Å². The molecule has 2 heteroatoms. The van der Waals surface area contributed by atoms with Gasteiger partial charge in [-0.3, -0.25) is 0 Å². The number of rotatable bonds is 21. The fourth-order valence-corrected chi connectivity index (χ4v) is 4.04.